The van der Waals surface area contributed by atoms with E-state index in [0.29, 0.717) is 6.04 Å². The molecule has 1 spiro atoms. The van der Waals surface area contributed by atoms with Crippen molar-refractivity contribution in [1.29, 1.82) is 0 Å². The number of anilines is 1. The third-order valence-electron chi connectivity index (χ3n) is 4.89. The molecule has 21 heavy (non-hydrogen) atoms. The standard InChI is InChI=1S/C16H21Cl2FN2/c1-11-9-20-16(5-3-2-4-6-16)10-21(11)12-7-13(17)15(19)14(18)8-12/h7-8,11,20H,2-6,9-10H2,1H3. The summed E-state index contributed by atoms with van der Waals surface area (Å²) >= 11 is 11.9. The molecular weight excluding hydrogens is 310 g/mol. The van der Waals surface area contributed by atoms with Gasteiger partial charge in [-0.15, -0.1) is 0 Å². The number of hydrogen-bond donors (Lipinski definition) is 1. The number of piperazine rings is 1. The molecule has 1 unspecified atom stereocenters. The summed E-state index contributed by atoms with van der Waals surface area (Å²) in [5.41, 5.74) is 1.11. The van der Waals surface area contributed by atoms with E-state index in [-0.39, 0.29) is 15.6 Å². The molecule has 0 amide bonds. The minimum Gasteiger partial charge on any atom is -0.366 e. The fourth-order valence-corrected chi connectivity index (χ4v) is 4.10. The van der Waals surface area contributed by atoms with Gasteiger partial charge in [0.2, 0.25) is 0 Å². The molecular formula is C16H21Cl2FN2. The number of rotatable bonds is 1. The highest BCUT2D eigenvalue weighted by Gasteiger charge is 2.38. The third kappa shape index (κ3) is 3.01. The smallest absolute Gasteiger partial charge is 0.160 e. The van der Waals surface area contributed by atoms with Crippen molar-refractivity contribution in [2.75, 3.05) is 18.0 Å². The van der Waals surface area contributed by atoms with Crippen LogP contribution in [0.4, 0.5) is 10.1 Å². The van der Waals surface area contributed by atoms with Crippen LogP contribution < -0.4 is 10.2 Å². The second kappa shape index (κ2) is 5.94. The second-order valence-corrected chi connectivity index (χ2v) is 7.24. The van der Waals surface area contributed by atoms with Crippen molar-refractivity contribution in [3.8, 4) is 0 Å². The van der Waals surface area contributed by atoms with Crippen LogP contribution in [0.1, 0.15) is 39.0 Å². The molecule has 2 aliphatic rings. The van der Waals surface area contributed by atoms with Gasteiger partial charge in [-0.1, -0.05) is 42.5 Å². The zero-order valence-electron chi connectivity index (χ0n) is 12.3. The maximum atomic E-state index is 13.6. The van der Waals surface area contributed by atoms with E-state index < -0.39 is 5.82 Å². The average molecular weight is 331 g/mol. The van der Waals surface area contributed by atoms with Crippen molar-refractivity contribution >= 4 is 28.9 Å². The molecule has 0 aromatic heterocycles. The van der Waals surface area contributed by atoms with Crippen molar-refractivity contribution < 1.29 is 4.39 Å². The van der Waals surface area contributed by atoms with Crippen molar-refractivity contribution in [3.05, 3.63) is 28.0 Å². The summed E-state index contributed by atoms with van der Waals surface area (Å²) in [5, 5.41) is 3.94. The molecule has 1 aliphatic heterocycles. The Morgan fingerprint density at radius 2 is 1.81 bits per heavy atom. The van der Waals surface area contributed by atoms with Crippen molar-refractivity contribution in [2.45, 2.75) is 50.6 Å². The Kier molecular flexibility index (Phi) is 4.35. The first-order valence-corrected chi connectivity index (χ1v) is 8.43. The molecule has 1 saturated carbocycles. The summed E-state index contributed by atoms with van der Waals surface area (Å²) < 4.78 is 13.6. The van der Waals surface area contributed by atoms with Crippen LogP contribution in [0.15, 0.2) is 12.1 Å². The molecule has 5 heteroatoms. The van der Waals surface area contributed by atoms with Crippen LogP contribution >= 0.6 is 23.2 Å². The highest BCUT2D eigenvalue weighted by molar-refractivity contribution is 6.35. The van der Waals surface area contributed by atoms with E-state index in [4.69, 9.17) is 23.2 Å². The molecule has 1 heterocycles. The van der Waals surface area contributed by atoms with Gasteiger partial charge < -0.3 is 10.2 Å². The molecule has 1 aliphatic carbocycles. The predicted molar refractivity (Wildman–Crippen MR) is 87.0 cm³/mol. The van der Waals surface area contributed by atoms with Crippen LogP contribution in [0, 0.1) is 5.82 Å². The lowest BCUT2D eigenvalue weighted by atomic mass is 9.79. The quantitative estimate of drug-likeness (QED) is 0.755. The minimum absolute atomic E-state index is 0.0981. The molecule has 1 saturated heterocycles. The predicted octanol–water partition coefficient (Wildman–Crippen LogP) is 4.63. The fourth-order valence-electron chi connectivity index (χ4n) is 3.63. The van der Waals surface area contributed by atoms with Crippen molar-refractivity contribution in [3.63, 3.8) is 0 Å². The molecule has 3 rings (SSSR count). The zero-order valence-corrected chi connectivity index (χ0v) is 13.8. The SMILES string of the molecule is CC1CNC2(CCCCC2)CN1c1cc(Cl)c(F)c(Cl)c1. The third-order valence-corrected chi connectivity index (χ3v) is 5.44. The van der Waals surface area contributed by atoms with Crippen LogP contribution in [0.3, 0.4) is 0 Å². The molecule has 2 fully saturated rings. The van der Waals surface area contributed by atoms with E-state index in [1.165, 1.54) is 32.1 Å². The van der Waals surface area contributed by atoms with E-state index in [1.54, 1.807) is 12.1 Å². The number of nitrogens with zero attached hydrogens (tertiary/aromatic N) is 1. The van der Waals surface area contributed by atoms with E-state index in [1.807, 2.05) is 0 Å². The molecule has 116 valence electrons. The number of halogens is 3. The van der Waals surface area contributed by atoms with E-state index in [2.05, 4.69) is 17.1 Å². The van der Waals surface area contributed by atoms with Crippen LogP contribution in [0.5, 0.6) is 0 Å². The molecule has 2 nitrogen and oxygen atoms in total. The second-order valence-electron chi connectivity index (χ2n) is 6.42. The Morgan fingerprint density at radius 1 is 1.19 bits per heavy atom. The van der Waals surface area contributed by atoms with Gasteiger partial charge in [-0.2, -0.15) is 0 Å². The van der Waals surface area contributed by atoms with Gasteiger partial charge in [0.05, 0.1) is 10.0 Å². The summed E-state index contributed by atoms with van der Waals surface area (Å²) in [7, 11) is 0. The molecule has 1 atom stereocenters. The fraction of sp³-hybridized carbons (Fsp3) is 0.625. The topological polar surface area (TPSA) is 15.3 Å². The summed E-state index contributed by atoms with van der Waals surface area (Å²) in [5.74, 6) is -0.530. The summed E-state index contributed by atoms with van der Waals surface area (Å²) in [6.07, 6.45) is 6.30. The first-order valence-electron chi connectivity index (χ1n) is 7.67. The van der Waals surface area contributed by atoms with E-state index >= 15 is 0 Å². The molecule has 0 radical (unpaired) electrons. The van der Waals surface area contributed by atoms with Crippen molar-refractivity contribution in [1.82, 2.24) is 5.32 Å². The number of nitrogens with one attached hydrogen (secondary N) is 1. The highest BCUT2D eigenvalue weighted by Crippen LogP contribution is 2.36. The van der Waals surface area contributed by atoms with Crippen LogP contribution in [-0.2, 0) is 0 Å². The van der Waals surface area contributed by atoms with Crippen molar-refractivity contribution in [2.24, 2.45) is 0 Å². The molecule has 1 aromatic carbocycles. The Balaban J connectivity index is 1.89. The molecule has 1 aromatic rings. The lowest BCUT2D eigenvalue weighted by Crippen LogP contribution is -2.64. The number of hydrogen-bond acceptors (Lipinski definition) is 2. The largest absolute Gasteiger partial charge is 0.366 e. The van der Waals surface area contributed by atoms with Crippen LogP contribution in [0.2, 0.25) is 10.0 Å². The van der Waals surface area contributed by atoms with Gasteiger partial charge in [-0.25, -0.2) is 4.39 Å². The van der Waals surface area contributed by atoms with Gasteiger partial charge in [0.15, 0.2) is 5.82 Å². The van der Waals surface area contributed by atoms with Gasteiger partial charge in [-0.05, 0) is 31.9 Å². The highest BCUT2D eigenvalue weighted by atomic mass is 35.5. The van der Waals surface area contributed by atoms with Gasteiger partial charge >= 0.3 is 0 Å². The monoisotopic (exact) mass is 330 g/mol. The normalized spacial score (nSPS) is 25.3. The van der Waals surface area contributed by atoms with E-state index in [9.17, 15) is 4.39 Å². The van der Waals surface area contributed by atoms with Gasteiger partial charge in [-0.3, -0.25) is 0 Å². The first-order chi connectivity index (χ1) is 10.0. The van der Waals surface area contributed by atoms with Crippen LogP contribution in [0.25, 0.3) is 0 Å². The lowest BCUT2D eigenvalue weighted by molar-refractivity contribution is 0.200. The zero-order chi connectivity index (χ0) is 15.0. The Bertz CT molecular complexity index is 506. The maximum Gasteiger partial charge on any atom is 0.160 e. The average Bonchev–Trinajstić information content (AvgIpc) is 2.48. The molecule has 1 N–H and O–H groups in total. The van der Waals surface area contributed by atoms with Gasteiger partial charge in [0.25, 0.3) is 0 Å². The first kappa shape index (κ1) is 15.4. The maximum absolute atomic E-state index is 13.6. The summed E-state index contributed by atoms with van der Waals surface area (Å²) in [6.45, 7) is 4.05. The Morgan fingerprint density at radius 3 is 2.43 bits per heavy atom. The minimum atomic E-state index is -0.530. The van der Waals surface area contributed by atoms with Gasteiger partial charge in [0.1, 0.15) is 0 Å². The Labute approximate surface area is 135 Å². The Hall–Kier alpha value is -0.510. The number of benzene rings is 1. The molecule has 0 bridgehead atoms. The van der Waals surface area contributed by atoms with E-state index in [0.717, 1.165) is 18.8 Å². The summed E-state index contributed by atoms with van der Waals surface area (Å²) in [4.78, 5) is 2.32. The van der Waals surface area contributed by atoms with Crippen LogP contribution in [-0.4, -0.2) is 24.7 Å². The summed E-state index contributed by atoms with van der Waals surface area (Å²) in [6, 6.07) is 3.73. The lowest BCUT2D eigenvalue weighted by Gasteiger charge is -2.50. The van der Waals surface area contributed by atoms with Gasteiger partial charge in [0, 0.05) is 30.4 Å².